The second-order valence-corrected chi connectivity index (χ2v) is 2.18. The third-order valence-electron chi connectivity index (χ3n) is 0.636. The van der Waals surface area contributed by atoms with Crippen molar-refractivity contribution in [1.82, 2.24) is 0 Å². The highest BCUT2D eigenvalue weighted by atomic mass is 28.2. The molecule has 0 aromatic heterocycles. The summed E-state index contributed by atoms with van der Waals surface area (Å²) in [4.78, 5) is 0. The third kappa shape index (κ3) is 6.14. The fraction of sp³-hybridized carbons (Fsp3) is 1.00. The zero-order valence-electron chi connectivity index (χ0n) is 4.94. The Morgan fingerprint density at radius 2 is 2.14 bits per heavy atom. The monoisotopic (exact) mass is 120 g/mol. The van der Waals surface area contributed by atoms with Gasteiger partial charge in [0.25, 0.3) is 0 Å². The predicted molar refractivity (Wildman–Crippen MR) is 32.2 cm³/mol. The summed E-state index contributed by atoms with van der Waals surface area (Å²) in [6.07, 6.45) is 0. The Balaban J connectivity index is 2.45. The molecule has 0 unspecified atom stereocenters. The molecule has 0 aliphatic heterocycles. The van der Waals surface area contributed by atoms with Gasteiger partial charge >= 0.3 is 0 Å². The summed E-state index contributed by atoms with van der Waals surface area (Å²) in [6, 6.07) is 0. The van der Waals surface area contributed by atoms with Gasteiger partial charge in [-0.15, -0.1) is 0 Å². The number of ether oxygens (including phenoxy) is 1. The van der Waals surface area contributed by atoms with E-state index < -0.39 is 0 Å². The van der Waals surface area contributed by atoms with Crippen LogP contribution in [0.1, 0.15) is 0 Å². The number of methoxy groups -OCH3 is 1. The van der Waals surface area contributed by atoms with E-state index in [0.29, 0.717) is 0 Å². The van der Waals surface area contributed by atoms with Gasteiger partial charge in [0.05, 0.1) is 13.2 Å². The van der Waals surface area contributed by atoms with Crippen LogP contribution in [0.5, 0.6) is 0 Å². The van der Waals surface area contributed by atoms with Crippen LogP contribution in [-0.4, -0.2) is 30.1 Å². The molecule has 0 spiro atoms. The van der Waals surface area contributed by atoms with Crippen molar-refractivity contribution >= 4 is 9.76 Å². The average molecular weight is 120 g/mol. The standard InChI is InChI=1S/C4H12O2Si/c1-5-3-4-6-7-2/h3-4,7H2,1-2H3. The molecule has 0 aromatic rings. The smallest absolute Gasteiger partial charge is 0.158 e. The number of hydrogen-bond acceptors (Lipinski definition) is 2. The highest BCUT2D eigenvalue weighted by molar-refractivity contribution is 6.24. The summed E-state index contributed by atoms with van der Waals surface area (Å²) in [6.45, 7) is 3.62. The molecule has 44 valence electrons. The molecule has 3 heteroatoms. The van der Waals surface area contributed by atoms with Crippen LogP contribution in [0.2, 0.25) is 6.55 Å². The van der Waals surface area contributed by atoms with E-state index >= 15 is 0 Å². The molecule has 0 radical (unpaired) electrons. The number of hydrogen-bond donors (Lipinski definition) is 0. The van der Waals surface area contributed by atoms with Crippen molar-refractivity contribution in [2.75, 3.05) is 20.3 Å². The SMILES string of the molecule is COCCO[SiH2]C. The van der Waals surface area contributed by atoms with Gasteiger partial charge in [-0.2, -0.15) is 0 Å². The first kappa shape index (κ1) is 7.14. The first-order chi connectivity index (χ1) is 3.41. The van der Waals surface area contributed by atoms with Crippen LogP contribution in [0.25, 0.3) is 0 Å². The Labute approximate surface area is 46.8 Å². The minimum atomic E-state index is -0.186. The lowest BCUT2D eigenvalue weighted by molar-refractivity contribution is 0.149. The molecule has 2 nitrogen and oxygen atoms in total. The molecule has 0 atom stereocenters. The van der Waals surface area contributed by atoms with Gasteiger partial charge in [-0.3, -0.25) is 0 Å². The summed E-state index contributed by atoms with van der Waals surface area (Å²) >= 11 is 0. The topological polar surface area (TPSA) is 18.5 Å². The minimum Gasteiger partial charge on any atom is -0.422 e. The summed E-state index contributed by atoms with van der Waals surface area (Å²) < 4.78 is 9.83. The molecule has 0 aliphatic carbocycles. The Morgan fingerprint density at radius 1 is 1.43 bits per heavy atom. The van der Waals surface area contributed by atoms with Crippen LogP contribution < -0.4 is 0 Å². The second-order valence-electron chi connectivity index (χ2n) is 1.19. The van der Waals surface area contributed by atoms with E-state index in [9.17, 15) is 0 Å². The molecule has 0 aromatic carbocycles. The zero-order valence-corrected chi connectivity index (χ0v) is 6.35. The van der Waals surface area contributed by atoms with Crippen molar-refractivity contribution < 1.29 is 9.16 Å². The van der Waals surface area contributed by atoms with Gasteiger partial charge in [0.1, 0.15) is 0 Å². The fourth-order valence-corrected chi connectivity index (χ4v) is 0.693. The van der Waals surface area contributed by atoms with E-state index in [1.54, 1.807) is 7.11 Å². The largest absolute Gasteiger partial charge is 0.422 e. The van der Waals surface area contributed by atoms with E-state index in [1.807, 2.05) is 0 Å². The lowest BCUT2D eigenvalue weighted by Gasteiger charge is -1.96. The summed E-state index contributed by atoms with van der Waals surface area (Å²) in [5.41, 5.74) is 0. The van der Waals surface area contributed by atoms with E-state index in [4.69, 9.17) is 9.16 Å². The van der Waals surface area contributed by atoms with Crippen molar-refractivity contribution in [1.29, 1.82) is 0 Å². The van der Waals surface area contributed by atoms with Crippen LogP contribution >= 0.6 is 0 Å². The van der Waals surface area contributed by atoms with Crippen molar-refractivity contribution in [2.45, 2.75) is 6.55 Å². The van der Waals surface area contributed by atoms with Gasteiger partial charge in [0.2, 0.25) is 0 Å². The quantitative estimate of drug-likeness (QED) is 0.377. The van der Waals surface area contributed by atoms with Crippen LogP contribution in [0.15, 0.2) is 0 Å². The molecule has 0 heterocycles. The average Bonchev–Trinajstić information content (AvgIpc) is 1.69. The molecule has 0 rings (SSSR count). The maximum absolute atomic E-state index is 5.09. The van der Waals surface area contributed by atoms with Crippen molar-refractivity contribution in [3.63, 3.8) is 0 Å². The van der Waals surface area contributed by atoms with Gasteiger partial charge in [0, 0.05) is 7.11 Å². The molecule has 0 amide bonds. The maximum atomic E-state index is 5.09. The number of rotatable bonds is 4. The molecule has 0 bridgehead atoms. The second kappa shape index (κ2) is 6.14. The van der Waals surface area contributed by atoms with Gasteiger partial charge in [-0.25, -0.2) is 0 Å². The molecular weight excluding hydrogens is 108 g/mol. The highest BCUT2D eigenvalue weighted by Crippen LogP contribution is 1.69. The summed E-state index contributed by atoms with van der Waals surface area (Å²) in [5, 5.41) is 0. The van der Waals surface area contributed by atoms with Gasteiger partial charge < -0.3 is 9.16 Å². The van der Waals surface area contributed by atoms with E-state index in [1.165, 1.54) is 0 Å². The molecule has 0 saturated heterocycles. The fourth-order valence-electron chi connectivity index (χ4n) is 0.287. The Kier molecular flexibility index (Phi) is 6.26. The van der Waals surface area contributed by atoms with Gasteiger partial charge in [-0.1, -0.05) is 6.55 Å². The van der Waals surface area contributed by atoms with Crippen molar-refractivity contribution in [3.8, 4) is 0 Å². The van der Waals surface area contributed by atoms with Crippen LogP contribution in [0.3, 0.4) is 0 Å². The molecule has 0 N–H and O–H groups in total. The predicted octanol–water partition coefficient (Wildman–Crippen LogP) is -0.219. The van der Waals surface area contributed by atoms with Gasteiger partial charge in [0.15, 0.2) is 9.76 Å². The lowest BCUT2D eigenvalue weighted by Crippen LogP contribution is -2.02. The Hall–Kier alpha value is 0.137. The van der Waals surface area contributed by atoms with E-state index in [-0.39, 0.29) is 9.76 Å². The molecule has 0 aliphatic rings. The highest BCUT2D eigenvalue weighted by Gasteiger charge is 1.78. The van der Waals surface area contributed by atoms with E-state index in [0.717, 1.165) is 13.2 Å². The lowest BCUT2D eigenvalue weighted by atomic mass is 10.8. The normalized spacial score (nSPS) is 11.1. The maximum Gasteiger partial charge on any atom is 0.158 e. The molecular formula is C4H12O2Si. The van der Waals surface area contributed by atoms with Crippen molar-refractivity contribution in [2.24, 2.45) is 0 Å². The zero-order chi connectivity index (χ0) is 5.54. The van der Waals surface area contributed by atoms with Crippen molar-refractivity contribution in [3.05, 3.63) is 0 Å². The van der Waals surface area contributed by atoms with E-state index in [2.05, 4.69) is 6.55 Å². The third-order valence-corrected chi connectivity index (χ3v) is 1.33. The van der Waals surface area contributed by atoms with Gasteiger partial charge in [-0.05, 0) is 0 Å². The first-order valence-corrected chi connectivity index (χ1v) is 4.47. The van der Waals surface area contributed by atoms with Crippen LogP contribution in [0.4, 0.5) is 0 Å². The van der Waals surface area contributed by atoms with Crippen LogP contribution in [0, 0.1) is 0 Å². The van der Waals surface area contributed by atoms with Crippen LogP contribution in [-0.2, 0) is 9.16 Å². The molecule has 0 saturated carbocycles. The Bertz CT molecular complexity index is 28.9. The minimum absolute atomic E-state index is 0.186. The summed E-state index contributed by atoms with van der Waals surface area (Å²) in [5.74, 6) is 0. The summed E-state index contributed by atoms with van der Waals surface area (Å²) in [7, 11) is 1.49. The molecule has 0 fully saturated rings. The Morgan fingerprint density at radius 3 is 2.57 bits per heavy atom. The molecule has 7 heavy (non-hydrogen) atoms. The first-order valence-electron chi connectivity index (χ1n) is 2.48.